The molecule has 0 aromatic carbocycles. The standard InChI is InChI=1S/C16H27N3O3.C5H4F3N3/c1-12(10-18-8-5-7-17-4)19-11-14-15-13(6-9-20-14)21-16(2,3)22-15;6-5(7,8)3-1-10-2-4(9)11-3/h5,7-8,12-15,19H,4,6,9-11H2,1-3H3;1-2H,(H2,9,11)/b7-5-,18-8?;. The largest absolute Gasteiger partial charge is 0.434 e. The molecule has 4 atom stereocenters. The molecule has 0 amide bonds. The second-order valence-electron chi connectivity index (χ2n) is 8.01. The Morgan fingerprint density at radius 3 is 2.76 bits per heavy atom. The Balaban J connectivity index is 0.000000294. The summed E-state index contributed by atoms with van der Waals surface area (Å²) in [6.07, 6.45) is 3.38. The Morgan fingerprint density at radius 1 is 1.36 bits per heavy atom. The van der Waals surface area contributed by atoms with E-state index in [4.69, 9.17) is 19.9 Å². The van der Waals surface area contributed by atoms with Gasteiger partial charge < -0.3 is 25.3 Å². The van der Waals surface area contributed by atoms with Gasteiger partial charge in [-0.3, -0.25) is 15.0 Å². The van der Waals surface area contributed by atoms with Gasteiger partial charge in [0.2, 0.25) is 0 Å². The summed E-state index contributed by atoms with van der Waals surface area (Å²) < 4.78 is 53.2. The fraction of sp³-hybridized carbons (Fsp3) is 0.619. The van der Waals surface area contributed by atoms with Gasteiger partial charge in [-0.25, -0.2) is 4.98 Å². The van der Waals surface area contributed by atoms with Gasteiger partial charge >= 0.3 is 6.18 Å². The number of alkyl halides is 3. The smallest absolute Gasteiger partial charge is 0.382 e. The number of nitrogens with two attached hydrogens (primary N) is 1. The average Bonchev–Trinajstić information content (AvgIpc) is 3.06. The maximum atomic E-state index is 11.8. The quantitative estimate of drug-likeness (QED) is 0.586. The molecular formula is C21H31F3N6O3. The SMILES string of the molecule is C=N/C=C\C=NCC(C)NCC1OCCC2OC(C)(C)OC12.Nc1cncc(C(F)(F)F)n1. The number of aromatic nitrogens is 2. The number of nitrogen functional groups attached to an aromatic ring is 1. The van der Waals surface area contributed by atoms with Gasteiger partial charge in [-0.2, -0.15) is 13.2 Å². The highest BCUT2D eigenvalue weighted by Gasteiger charge is 2.47. The zero-order chi connectivity index (χ0) is 24.5. The van der Waals surface area contributed by atoms with Crippen LogP contribution in [0.5, 0.6) is 0 Å². The lowest BCUT2D eigenvalue weighted by molar-refractivity contribution is -0.153. The van der Waals surface area contributed by atoms with Gasteiger partial charge in [0, 0.05) is 31.6 Å². The molecule has 1 aromatic rings. The molecule has 3 rings (SSSR count). The highest BCUT2D eigenvalue weighted by molar-refractivity contribution is 5.71. The highest BCUT2D eigenvalue weighted by Crippen LogP contribution is 2.35. The van der Waals surface area contributed by atoms with Crippen LogP contribution in [0.2, 0.25) is 0 Å². The van der Waals surface area contributed by atoms with Crippen molar-refractivity contribution < 1.29 is 27.4 Å². The Kier molecular flexibility index (Phi) is 9.89. The number of nitrogens with zero attached hydrogens (tertiary/aromatic N) is 4. The number of halogens is 3. The Morgan fingerprint density at radius 2 is 2.12 bits per heavy atom. The molecule has 9 nitrogen and oxygen atoms in total. The normalized spacial score (nSPS) is 25.5. The number of fused-ring (bicyclic) bond motifs is 1. The van der Waals surface area contributed by atoms with Crippen LogP contribution in [0.25, 0.3) is 0 Å². The number of allylic oxidation sites excluding steroid dienone is 1. The van der Waals surface area contributed by atoms with E-state index in [1.54, 1.807) is 18.5 Å². The summed E-state index contributed by atoms with van der Waals surface area (Å²) in [5.41, 5.74) is 3.91. The first kappa shape index (κ1) is 26.8. The molecule has 12 heteroatoms. The van der Waals surface area contributed by atoms with Crippen LogP contribution in [-0.4, -0.2) is 72.7 Å². The van der Waals surface area contributed by atoms with Crippen molar-refractivity contribution in [2.24, 2.45) is 9.98 Å². The van der Waals surface area contributed by atoms with Crippen molar-refractivity contribution in [3.63, 3.8) is 0 Å². The molecule has 2 aliphatic heterocycles. The van der Waals surface area contributed by atoms with E-state index in [0.717, 1.165) is 25.8 Å². The van der Waals surface area contributed by atoms with Crippen molar-refractivity contribution in [2.45, 2.75) is 63.5 Å². The molecule has 0 radical (unpaired) electrons. The molecule has 2 saturated heterocycles. The van der Waals surface area contributed by atoms with E-state index in [0.29, 0.717) is 12.7 Å². The number of hydrogen-bond acceptors (Lipinski definition) is 9. The monoisotopic (exact) mass is 472 g/mol. The zero-order valence-electron chi connectivity index (χ0n) is 19.0. The lowest BCUT2D eigenvalue weighted by atomic mass is 10.0. The molecule has 0 aliphatic carbocycles. The zero-order valence-corrected chi connectivity index (χ0v) is 19.0. The van der Waals surface area contributed by atoms with Gasteiger partial charge in [-0.15, -0.1) is 0 Å². The predicted molar refractivity (Wildman–Crippen MR) is 119 cm³/mol. The number of nitrogens with one attached hydrogen (secondary N) is 1. The van der Waals surface area contributed by atoms with Crippen LogP contribution >= 0.6 is 0 Å². The molecule has 0 bridgehead atoms. The van der Waals surface area contributed by atoms with E-state index in [9.17, 15) is 13.2 Å². The summed E-state index contributed by atoms with van der Waals surface area (Å²) in [6, 6.07) is 0.264. The van der Waals surface area contributed by atoms with Gasteiger partial charge in [0.15, 0.2) is 11.5 Å². The summed E-state index contributed by atoms with van der Waals surface area (Å²) in [5.74, 6) is -0.747. The van der Waals surface area contributed by atoms with E-state index < -0.39 is 17.7 Å². The third-order valence-electron chi connectivity index (χ3n) is 4.70. The van der Waals surface area contributed by atoms with E-state index in [1.165, 1.54) is 0 Å². The molecule has 1 aromatic heterocycles. The molecule has 33 heavy (non-hydrogen) atoms. The fourth-order valence-electron chi connectivity index (χ4n) is 3.29. The minimum atomic E-state index is -4.47. The topological polar surface area (TPSA) is 116 Å². The number of hydrogen-bond donors (Lipinski definition) is 2. The Labute approximate surface area is 191 Å². The number of ether oxygens (including phenoxy) is 3. The van der Waals surface area contributed by atoms with Crippen LogP contribution in [0.15, 0.2) is 34.7 Å². The van der Waals surface area contributed by atoms with Gasteiger partial charge in [0.25, 0.3) is 0 Å². The number of anilines is 1. The molecule has 0 saturated carbocycles. The van der Waals surface area contributed by atoms with Crippen molar-refractivity contribution in [3.05, 3.63) is 30.4 Å². The van der Waals surface area contributed by atoms with E-state index in [1.807, 2.05) is 13.8 Å². The fourth-order valence-corrected chi connectivity index (χ4v) is 3.29. The van der Waals surface area contributed by atoms with Crippen LogP contribution in [-0.2, 0) is 20.4 Å². The van der Waals surface area contributed by atoms with E-state index in [-0.39, 0.29) is 30.2 Å². The first-order chi connectivity index (χ1) is 15.5. The lowest BCUT2D eigenvalue weighted by Gasteiger charge is -2.32. The van der Waals surface area contributed by atoms with Gasteiger partial charge in [0.05, 0.1) is 31.1 Å². The predicted octanol–water partition coefficient (Wildman–Crippen LogP) is 2.64. The third-order valence-corrected chi connectivity index (χ3v) is 4.70. The second-order valence-corrected chi connectivity index (χ2v) is 8.01. The molecule has 3 N–H and O–H groups in total. The molecule has 4 unspecified atom stereocenters. The van der Waals surface area contributed by atoms with Crippen molar-refractivity contribution in [3.8, 4) is 0 Å². The van der Waals surface area contributed by atoms with Gasteiger partial charge in [-0.1, -0.05) is 0 Å². The summed E-state index contributed by atoms with van der Waals surface area (Å²) in [7, 11) is 0. The molecule has 0 spiro atoms. The average molecular weight is 473 g/mol. The summed E-state index contributed by atoms with van der Waals surface area (Å²) in [6.45, 7) is 11.5. The van der Waals surface area contributed by atoms with Crippen molar-refractivity contribution in [1.82, 2.24) is 15.3 Å². The summed E-state index contributed by atoms with van der Waals surface area (Å²) in [4.78, 5) is 14.2. The van der Waals surface area contributed by atoms with Crippen molar-refractivity contribution in [1.29, 1.82) is 0 Å². The van der Waals surface area contributed by atoms with Crippen molar-refractivity contribution in [2.75, 3.05) is 25.4 Å². The van der Waals surface area contributed by atoms with Gasteiger partial charge in [0.1, 0.15) is 11.9 Å². The lowest BCUT2D eigenvalue weighted by Crippen LogP contribution is -2.49. The number of aliphatic imine (C=N–C) groups is 2. The maximum absolute atomic E-state index is 11.8. The molecule has 184 valence electrons. The van der Waals surface area contributed by atoms with E-state index >= 15 is 0 Å². The minimum Gasteiger partial charge on any atom is -0.382 e. The van der Waals surface area contributed by atoms with Crippen LogP contribution in [0.4, 0.5) is 19.0 Å². The molecule has 2 fully saturated rings. The summed E-state index contributed by atoms with van der Waals surface area (Å²) in [5, 5.41) is 3.45. The Hall–Kier alpha value is -2.41. The maximum Gasteiger partial charge on any atom is 0.434 e. The third kappa shape index (κ3) is 9.16. The first-order valence-corrected chi connectivity index (χ1v) is 10.5. The van der Waals surface area contributed by atoms with Crippen LogP contribution in [0, 0.1) is 0 Å². The minimum absolute atomic E-state index is 0.00792. The van der Waals surface area contributed by atoms with Crippen LogP contribution < -0.4 is 11.1 Å². The van der Waals surface area contributed by atoms with Gasteiger partial charge in [-0.05, 0) is 40.0 Å². The Bertz CT molecular complexity index is 819. The first-order valence-electron chi connectivity index (χ1n) is 10.5. The summed E-state index contributed by atoms with van der Waals surface area (Å²) >= 11 is 0. The van der Waals surface area contributed by atoms with E-state index in [2.05, 4.69) is 38.9 Å². The van der Waals surface area contributed by atoms with Crippen LogP contribution in [0.3, 0.4) is 0 Å². The van der Waals surface area contributed by atoms with Crippen molar-refractivity contribution >= 4 is 18.7 Å². The molecule has 2 aliphatic rings. The molecule has 3 heterocycles. The number of rotatable bonds is 7. The highest BCUT2D eigenvalue weighted by atomic mass is 19.4. The van der Waals surface area contributed by atoms with Crippen LogP contribution in [0.1, 0.15) is 32.9 Å². The molecular weight excluding hydrogens is 441 g/mol. The second kappa shape index (κ2) is 12.2.